The molecular formula is C14H22ClNO4. The molecule has 0 spiro atoms. The minimum absolute atomic E-state index is 0. The molecule has 1 aliphatic carbocycles. The van der Waals surface area contributed by atoms with Gasteiger partial charge in [0.1, 0.15) is 17.6 Å². The maximum absolute atomic E-state index is 10.2. The highest BCUT2D eigenvalue weighted by Gasteiger charge is 2.43. The Hall–Kier alpha value is -1.01. The maximum atomic E-state index is 10.2. The van der Waals surface area contributed by atoms with Gasteiger partial charge in [-0.25, -0.2) is 0 Å². The molecule has 3 unspecified atom stereocenters. The predicted octanol–water partition coefficient (Wildman–Crippen LogP) is 1.19. The summed E-state index contributed by atoms with van der Waals surface area (Å²) in [7, 11) is 3.13. The molecule has 6 heteroatoms. The average Bonchev–Trinajstić information content (AvgIpc) is 2.44. The van der Waals surface area contributed by atoms with E-state index in [2.05, 4.69) is 0 Å². The Morgan fingerprint density at radius 3 is 2.20 bits per heavy atom. The van der Waals surface area contributed by atoms with Gasteiger partial charge >= 0.3 is 0 Å². The molecule has 1 aromatic carbocycles. The molecule has 0 aliphatic heterocycles. The highest BCUT2D eigenvalue weighted by molar-refractivity contribution is 5.85. The first kappa shape index (κ1) is 17.0. The summed E-state index contributed by atoms with van der Waals surface area (Å²) in [6.45, 7) is 0. The van der Waals surface area contributed by atoms with Crippen molar-refractivity contribution in [1.29, 1.82) is 0 Å². The van der Waals surface area contributed by atoms with E-state index in [9.17, 15) is 10.2 Å². The summed E-state index contributed by atoms with van der Waals surface area (Å²) in [5, 5.41) is 20.1. The Labute approximate surface area is 125 Å². The first-order valence-electron chi connectivity index (χ1n) is 6.40. The minimum atomic E-state index is -0.988. The van der Waals surface area contributed by atoms with Crippen molar-refractivity contribution >= 4 is 12.4 Å². The molecule has 3 atom stereocenters. The van der Waals surface area contributed by atoms with Crippen LogP contribution in [0.5, 0.6) is 11.5 Å². The average molecular weight is 304 g/mol. The Morgan fingerprint density at radius 2 is 1.70 bits per heavy atom. The quantitative estimate of drug-likeness (QED) is 0.781. The summed E-state index contributed by atoms with van der Waals surface area (Å²) < 4.78 is 10.4. The number of aliphatic hydroxyl groups is 2. The van der Waals surface area contributed by atoms with E-state index < -0.39 is 17.7 Å². The molecule has 0 radical (unpaired) electrons. The van der Waals surface area contributed by atoms with Gasteiger partial charge in [-0.3, -0.25) is 0 Å². The van der Waals surface area contributed by atoms with Crippen molar-refractivity contribution in [1.82, 2.24) is 0 Å². The van der Waals surface area contributed by atoms with Crippen molar-refractivity contribution < 1.29 is 19.7 Å². The monoisotopic (exact) mass is 303 g/mol. The molecule has 20 heavy (non-hydrogen) atoms. The molecule has 114 valence electrons. The number of nitrogens with two attached hydrogens (primary N) is 1. The van der Waals surface area contributed by atoms with E-state index in [1.165, 1.54) is 0 Å². The lowest BCUT2D eigenvalue weighted by Crippen LogP contribution is -2.55. The molecule has 2 rings (SSSR count). The lowest BCUT2D eigenvalue weighted by molar-refractivity contribution is -0.0596. The first-order chi connectivity index (χ1) is 9.01. The second-order valence-corrected chi connectivity index (χ2v) is 5.05. The molecule has 0 aromatic heterocycles. The summed E-state index contributed by atoms with van der Waals surface area (Å²) >= 11 is 0. The van der Waals surface area contributed by atoms with Crippen LogP contribution in [-0.2, 0) is 5.54 Å². The number of methoxy groups -OCH3 is 2. The minimum Gasteiger partial charge on any atom is -0.497 e. The number of aliphatic hydroxyl groups excluding tert-OH is 2. The molecule has 0 bridgehead atoms. The van der Waals surface area contributed by atoms with Gasteiger partial charge in [0.15, 0.2) is 0 Å². The van der Waals surface area contributed by atoms with Gasteiger partial charge in [0.25, 0.3) is 0 Å². The Morgan fingerprint density at radius 1 is 1.15 bits per heavy atom. The third-order valence-corrected chi connectivity index (χ3v) is 3.87. The van der Waals surface area contributed by atoms with Gasteiger partial charge in [0, 0.05) is 6.07 Å². The fourth-order valence-corrected chi connectivity index (χ4v) is 2.64. The number of hydrogen-bond donors (Lipinski definition) is 3. The van der Waals surface area contributed by atoms with Crippen LogP contribution in [0.25, 0.3) is 0 Å². The zero-order chi connectivity index (χ0) is 14.0. The number of hydrogen-bond acceptors (Lipinski definition) is 5. The highest BCUT2D eigenvalue weighted by atomic mass is 35.5. The topological polar surface area (TPSA) is 84.9 Å². The van der Waals surface area contributed by atoms with Crippen LogP contribution in [0.3, 0.4) is 0 Å². The van der Waals surface area contributed by atoms with E-state index in [4.69, 9.17) is 15.2 Å². The van der Waals surface area contributed by atoms with Crippen molar-refractivity contribution in [3.8, 4) is 11.5 Å². The Bertz CT molecular complexity index is 435. The smallest absolute Gasteiger partial charge is 0.122 e. The van der Waals surface area contributed by atoms with Crippen molar-refractivity contribution in [3.63, 3.8) is 0 Å². The van der Waals surface area contributed by atoms with Crippen LogP contribution in [0.2, 0.25) is 0 Å². The highest BCUT2D eigenvalue weighted by Crippen LogP contribution is 2.38. The first-order valence-corrected chi connectivity index (χ1v) is 6.40. The van der Waals surface area contributed by atoms with Crippen molar-refractivity contribution in [3.05, 3.63) is 23.8 Å². The molecule has 4 N–H and O–H groups in total. The maximum Gasteiger partial charge on any atom is 0.122 e. The van der Waals surface area contributed by atoms with Crippen molar-refractivity contribution in [2.45, 2.75) is 37.0 Å². The third-order valence-electron chi connectivity index (χ3n) is 3.87. The number of halogens is 1. The van der Waals surface area contributed by atoms with Crippen molar-refractivity contribution in [2.24, 2.45) is 5.73 Å². The van der Waals surface area contributed by atoms with E-state index in [1.54, 1.807) is 32.4 Å². The van der Waals surface area contributed by atoms with Gasteiger partial charge < -0.3 is 25.4 Å². The zero-order valence-corrected chi connectivity index (χ0v) is 12.5. The van der Waals surface area contributed by atoms with E-state index >= 15 is 0 Å². The Kier molecular flexibility index (Phi) is 5.65. The SMILES string of the molecule is COc1cc(OC)cc(C2(N)CCCC(O)C2O)c1.Cl. The molecule has 0 saturated heterocycles. The van der Waals surface area contributed by atoms with Gasteiger partial charge in [0.05, 0.1) is 25.9 Å². The van der Waals surface area contributed by atoms with E-state index in [0.717, 1.165) is 12.0 Å². The van der Waals surface area contributed by atoms with Gasteiger partial charge in [0.2, 0.25) is 0 Å². The van der Waals surface area contributed by atoms with Gasteiger partial charge in [-0.05, 0) is 37.0 Å². The zero-order valence-electron chi connectivity index (χ0n) is 11.7. The van der Waals surface area contributed by atoms with Crippen LogP contribution in [0, 0.1) is 0 Å². The van der Waals surface area contributed by atoms with Crippen molar-refractivity contribution in [2.75, 3.05) is 14.2 Å². The lowest BCUT2D eigenvalue weighted by Gasteiger charge is -2.41. The third kappa shape index (κ3) is 3.01. The summed E-state index contributed by atoms with van der Waals surface area (Å²) in [6, 6.07) is 5.31. The summed E-state index contributed by atoms with van der Waals surface area (Å²) in [6.07, 6.45) is 0.172. The lowest BCUT2D eigenvalue weighted by atomic mass is 9.74. The summed E-state index contributed by atoms with van der Waals surface area (Å²) in [4.78, 5) is 0. The van der Waals surface area contributed by atoms with Crippen LogP contribution < -0.4 is 15.2 Å². The molecule has 1 saturated carbocycles. The molecule has 1 aromatic rings. The van der Waals surface area contributed by atoms with Crippen LogP contribution in [0.15, 0.2) is 18.2 Å². The van der Waals surface area contributed by atoms with E-state index in [-0.39, 0.29) is 12.4 Å². The normalized spacial score (nSPS) is 29.4. The molecule has 1 fully saturated rings. The van der Waals surface area contributed by atoms with Crippen LogP contribution >= 0.6 is 12.4 Å². The van der Waals surface area contributed by atoms with E-state index in [0.29, 0.717) is 24.3 Å². The standard InChI is InChI=1S/C14H21NO4.ClH/c1-18-10-6-9(7-11(8-10)19-2)14(15)5-3-4-12(16)13(14)17;/h6-8,12-13,16-17H,3-5,15H2,1-2H3;1H. The molecule has 0 amide bonds. The molecule has 5 nitrogen and oxygen atoms in total. The fourth-order valence-electron chi connectivity index (χ4n) is 2.64. The predicted molar refractivity (Wildman–Crippen MR) is 78.5 cm³/mol. The van der Waals surface area contributed by atoms with Crippen LogP contribution in [0.4, 0.5) is 0 Å². The molecule has 0 heterocycles. The van der Waals surface area contributed by atoms with Gasteiger partial charge in [-0.2, -0.15) is 0 Å². The number of rotatable bonds is 3. The largest absolute Gasteiger partial charge is 0.497 e. The van der Waals surface area contributed by atoms with E-state index in [1.807, 2.05) is 0 Å². The second-order valence-electron chi connectivity index (χ2n) is 5.05. The molecular weight excluding hydrogens is 282 g/mol. The number of benzene rings is 1. The Balaban J connectivity index is 0.00000200. The second kappa shape index (κ2) is 6.63. The fraction of sp³-hybridized carbons (Fsp3) is 0.571. The van der Waals surface area contributed by atoms with Crippen LogP contribution in [-0.4, -0.2) is 36.6 Å². The van der Waals surface area contributed by atoms with Gasteiger partial charge in [-0.1, -0.05) is 0 Å². The summed E-state index contributed by atoms with van der Waals surface area (Å²) in [5.74, 6) is 1.23. The summed E-state index contributed by atoms with van der Waals surface area (Å²) in [5.41, 5.74) is 6.09. The van der Waals surface area contributed by atoms with Gasteiger partial charge in [-0.15, -0.1) is 12.4 Å². The van der Waals surface area contributed by atoms with Crippen LogP contribution in [0.1, 0.15) is 24.8 Å². The molecule has 1 aliphatic rings. The number of ether oxygens (including phenoxy) is 2.